The predicted molar refractivity (Wildman–Crippen MR) is 139 cm³/mol. The Labute approximate surface area is 221 Å². The molecule has 0 saturated carbocycles. The number of hydrogen-bond donors (Lipinski definition) is 1. The summed E-state index contributed by atoms with van der Waals surface area (Å²) in [5.74, 6) is -1.96. The average molecular weight is 543 g/mol. The summed E-state index contributed by atoms with van der Waals surface area (Å²) in [5.41, 5.74) is 7.92. The van der Waals surface area contributed by atoms with Gasteiger partial charge >= 0.3 is 0 Å². The molecule has 0 aliphatic carbocycles. The highest BCUT2D eigenvalue weighted by molar-refractivity contribution is 7.82. The van der Waals surface area contributed by atoms with E-state index >= 15 is 0 Å². The average Bonchev–Trinajstić information content (AvgIpc) is 3.40. The highest BCUT2D eigenvalue weighted by Gasteiger charge is 2.29. The topological polar surface area (TPSA) is 81.2 Å². The van der Waals surface area contributed by atoms with E-state index in [2.05, 4.69) is 5.10 Å². The molecule has 0 aliphatic heterocycles. The van der Waals surface area contributed by atoms with Crippen LogP contribution in [-0.2, 0) is 28.7 Å². The molecule has 6 nitrogen and oxygen atoms in total. The van der Waals surface area contributed by atoms with Crippen LogP contribution in [0.1, 0.15) is 24.0 Å². The van der Waals surface area contributed by atoms with Crippen molar-refractivity contribution in [2.75, 3.05) is 0 Å². The number of aromatic nitrogens is 2. The maximum absolute atomic E-state index is 13.7. The molecule has 1 aromatic heterocycles. The Morgan fingerprint density at radius 2 is 1.70 bits per heavy atom. The molecule has 192 valence electrons. The highest BCUT2D eigenvalue weighted by atomic mass is 35.5. The van der Waals surface area contributed by atoms with Crippen molar-refractivity contribution in [3.8, 4) is 5.69 Å². The summed E-state index contributed by atoms with van der Waals surface area (Å²) in [4.78, 5) is 13.0. The zero-order chi connectivity index (χ0) is 26.4. The maximum Gasteiger partial charge on any atom is 0.235 e. The van der Waals surface area contributed by atoms with Crippen molar-refractivity contribution in [2.24, 2.45) is 5.73 Å². The molecule has 0 saturated heterocycles. The Balaban J connectivity index is 1.57. The zero-order valence-corrected chi connectivity index (χ0v) is 21.3. The third kappa shape index (κ3) is 7.09. The number of aryl methyl sites for hydroxylation is 1. The number of benzene rings is 3. The smallest absolute Gasteiger partial charge is 0.235 e. The van der Waals surface area contributed by atoms with Crippen molar-refractivity contribution in [1.82, 2.24) is 14.1 Å². The minimum atomic E-state index is -1.73. The number of nitrogens with two attached hydrogens (primary N) is 1. The van der Waals surface area contributed by atoms with Gasteiger partial charge in [0, 0.05) is 30.0 Å². The highest BCUT2D eigenvalue weighted by Crippen LogP contribution is 2.23. The molecule has 10 heteroatoms. The Bertz CT molecular complexity index is 1350. The van der Waals surface area contributed by atoms with Gasteiger partial charge in [0.15, 0.2) is 0 Å². The van der Waals surface area contributed by atoms with Crippen molar-refractivity contribution < 1.29 is 17.8 Å². The maximum atomic E-state index is 13.7. The van der Waals surface area contributed by atoms with Crippen molar-refractivity contribution in [2.45, 2.75) is 36.7 Å². The normalized spacial score (nSPS) is 13.0. The van der Waals surface area contributed by atoms with Crippen LogP contribution in [0.5, 0.6) is 0 Å². The van der Waals surface area contributed by atoms with Crippen LogP contribution >= 0.6 is 11.6 Å². The minimum absolute atomic E-state index is 0.177. The first-order valence-corrected chi connectivity index (χ1v) is 13.1. The summed E-state index contributed by atoms with van der Waals surface area (Å²) in [6.45, 7) is 0.177. The second-order valence-corrected chi connectivity index (χ2v) is 10.4. The molecule has 0 radical (unpaired) electrons. The quantitative estimate of drug-likeness (QED) is 0.283. The standard InChI is InChI=1S/C27H25ClF2N4O2S/c28-21-7-11-25(12-8-21)37(36)34(18-19-5-9-24(10-6-19)33-14-2-13-32-33)26(27(31)35)4-1-3-20-15-22(29)17-23(30)16-20/h2,5-17,26H,1,3-4,18H2,(H2,31,35). The molecule has 4 aromatic rings. The molecule has 0 aliphatic rings. The molecule has 2 unspecified atom stereocenters. The first-order valence-electron chi connectivity index (χ1n) is 11.6. The van der Waals surface area contributed by atoms with Gasteiger partial charge < -0.3 is 5.73 Å². The Morgan fingerprint density at radius 1 is 1.03 bits per heavy atom. The van der Waals surface area contributed by atoms with Crippen molar-refractivity contribution >= 4 is 28.5 Å². The molecule has 4 rings (SSSR count). The van der Waals surface area contributed by atoms with Gasteiger partial charge in [0.2, 0.25) is 5.91 Å². The summed E-state index contributed by atoms with van der Waals surface area (Å²) in [6.07, 6.45) is 4.49. The first-order chi connectivity index (χ1) is 17.8. The fourth-order valence-electron chi connectivity index (χ4n) is 4.01. The minimum Gasteiger partial charge on any atom is -0.368 e. The lowest BCUT2D eigenvalue weighted by atomic mass is 10.0. The van der Waals surface area contributed by atoms with Gasteiger partial charge in [-0.05, 0) is 85.0 Å². The third-order valence-electron chi connectivity index (χ3n) is 5.81. The van der Waals surface area contributed by atoms with Crippen molar-refractivity contribution in [3.63, 3.8) is 0 Å². The van der Waals surface area contributed by atoms with E-state index in [0.717, 1.165) is 17.3 Å². The number of hydrogen-bond acceptors (Lipinski definition) is 3. The van der Waals surface area contributed by atoms with Gasteiger partial charge in [0.25, 0.3) is 0 Å². The predicted octanol–water partition coefficient (Wildman–Crippen LogP) is 5.21. The number of rotatable bonds is 11. The number of primary amides is 1. The lowest BCUT2D eigenvalue weighted by molar-refractivity contribution is -0.122. The fraction of sp³-hybridized carbons (Fsp3) is 0.185. The molecule has 0 bridgehead atoms. The molecule has 1 heterocycles. The molecule has 2 N–H and O–H groups in total. The Kier molecular flexibility index (Phi) is 8.81. The molecule has 1 amide bonds. The first kappa shape index (κ1) is 26.7. The van der Waals surface area contributed by atoms with Crippen LogP contribution in [0, 0.1) is 11.6 Å². The van der Waals surface area contributed by atoms with Crippen LogP contribution in [-0.4, -0.2) is 30.2 Å². The second kappa shape index (κ2) is 12.2. The second-order valence-electron chi connectivity index (χ2n) is 8.48. The van der Waals surface area contributed by atoms with E-state index < -0.39 is 34.6 Å². The Hall–Kier alpha value is -3.40. The largest absolute Gasteiger partial charge is 0.368 e. The number of amides is 1. The van der Waals surface area contributed by atoms with Gasteiger partial charge in [0.1, 0.15) is 28.7 Å². The van der Waals surface area contributed by atoms with E-state index in [9.17, 15) is 17.8 Å². The fourth-order valence-corrected chi connectivity index (χ4v) is 5.48. The Morgan fingerprint density at radius 3 is 2.30 bits per heavy atom. The van der Waals surface area contributed by atoms with Gasteiger partial charge in [-0.15, -0.1) is 0 Å². The molecular weight excluding hydrogens is 518 g/mol. The summed E-state index contributed by atoms with van der Waals surface area (Å²) in [7, 11) is -1.73. The van der Waals surface area contributed by atoms with Crippen LogP contribution in [0.25, 0.3) is 5.69 Å². The monoisotopic (exact) mass is 542 g/mol. The number of carbonyl (C=O) groups is 1. The summed E-state index contributed by atoms with van der Waals surface area (Å²) >= 11 is 6.00. The third-order valence-corrected chi connectivity index (χ3v) is 7.55. The van der Waals surface area contributed by atoms with E-state index in [1.807, 2.05) is 36.5 Å². The van der Waals surface area contributed by atoms with E-state index in [1.165, 1.54) is 12.1 Å². The van der Waals surface area contributed by atoms with Gasteiger partial charge in [-0.2, -0.15) is 5.10 Å². The van der Waals surface area contributed by atoms with Crippen LogP contribution < -0.4 is 5.73 Å². The molecule has 3 aromatic carbocycles. The molecule has 0 spiro atoms. The van der Waals surface area contributed by atoms with Gasteiger partial charge in [0.05, 0.1) is 10.6 Å². The summed E-state index contributed by atoms with van der Waals surface area (Å²) in [6, 6.07) is 18.3. The number of halogens is 3. The van der Waals surface area contributed by atoms with Crippen molar-refractivity contribution in [3.05, 3.63) is 113 Å². The number of nitrogens with zero attached hydrogens (tertiary/aromatic N) is 3. The molecule has 37 heavy (non-hydrogen) atoms. The summed E-state index contributed by atoms with van der Waals surface area (Å²) < 4.78 is 44.1. The number of carbonyl (C=O) groups excluding carboxylic acids is 1. The van der Waals surface area contributed by atoms with Gasteiger partial charge in [-0.1, -0.05) is 23.7 Å². The van der Waals surface area contributed by atoms with E-state index in [4.69, 9.17) is 17.3 Å². The van der Waals surface area contributed by atoms with E-state index in [0.29, 0.717) is 28.3 Å². The van der Waals surface area contributed by atoms with Crippen LogP contribution in [0.2, 0.25) is 5.02 Å². The SMILES string of the molecule is NC(=O)C(CCCc1cc(F)cc(F)c1)N(Cc1ccc(-n2cccn2)cc1)S(=O)c1ccc(Cl)cc1. The molecule has 0 fully saturated rings. The lowest BCUT2D eigenvalue weighted by Crippen LogP contribution is -2.45. The van der Waals surface area contributed by atoms with Crippen LogP contribution in [0.3, 0.4) is 0 Å². The van der Waals surface area contributed by atoms with Crippen molar-refractivity contribution in [1.29, 1.82) is 0 Å². The zero-order valence-electron chi connectivity index (χ0n) is 19.8. The van der Waals surface area contributed by atoms with Crippen LogP contribution in [0.4, 0.5) is 8.78 Å². The summed E-state index contributed by atoms with van der Waals surface area (Å²) in [5, 5.41) is 4.71. The van der Waals surface area contributed by atoms with Crippen LogP contribution in [0.15, 0.2) is 90.1 Å². The van der Waals surface area contributed by atoms with E-state index in [1.54, 1.807) is 39.4 Å². The molecule has 2 atom stereocenters. The lowest BCUT2D eigenvalue weighted by Gasteiger charge is -2.28. The van der Waals surface area contributed by atoms with Gasteiger partial charge in [-0.3, -0.25) is 4.79 Å². The molecular formula is C27H25ClF2N4O2S. The van der Waals surface area contributed by atoms with E-state index in [-0.39, 0.29) is 13.0 Å². The van der Waals surface area contributed by atoms with Gasteiger partial charge in [-0.25, -0.2) is 22.0 Å².